The first-order valence-corrected chi connectivity index (χ1v) is 7.49. The SMILES string of the molecule is CCCc1n[nH]c(=S)n1C(C)c1cc(C)sc1C. The lowest BCUT2D eigenvalue weighted by atomic mass is 10.1. The van der Waals surface area contributed by atoms with Crippen LogP contribution in [0.15, 0.2) is 6.07 Å². The summed E-state index contributed by atoms with van der Waals surface area (Å²) in [6.07, 6.45) is 2.04. The van der Waals surface area contributed by atoms with Crippen molar-refractivity contribution in [1.29, 1.82) is 0 Å². The third kappa shape index (κ3) is 2.42. The molecule has 18 heavy (non-hydrogen) atoms. The predicted molar refractivity (Wildman–Crippen MR) is 79.0 cm³/mol. The molecule has 1 N–H and O–H groups in total. The molecule has 98 valence electrons. The fourth-order valence-electron chi connectivity index (χ4n) is 2.34. The van der Waals surface area contributed by atoms with Crippen LogP contribution in [0.2, 0.25) is 0 Å². The number of hydrogen-bond donors (Lipinski definition) is 1. The average molecular weight is 281 g/mol. The second-order valence-electron chi connectivity index (χ2n) is 4.61. The highest BCUT2D eigenvalue weighted by Gasteiger charge is 2.17. The van der Waals surface area contributed by atoms with Gasteiger partial charge in [-0.2, -0.15) is 5.10 Å². The van der Waals surface area contributed by atoms with Crippen LogP contribution in [0.1, 0.15) is 47.5 Å². The van der Waals surface area contributed by atoms with Crippen LogP contribution in [-0.4, -0.2) is 14.8 Å². The van der Waals surface area contributed by atoms with E-state index in [0.29, 0.717) is 4.77 Å². The molecule has 5 heteroatoms. The molecular formula is C13H19N3S2. The number of H-pyrrole nitrogens is 1. The van der Waals surface area contributed by atoms with Crippen LogP contribution < -0.4 is 0 Å². The normalized spacial score (nSPS) is 12.9. The fourth-order valence-corrected chi connectivity index (χ4v) is 3.67. The van der Waals surface area contributed by atoms with E-state index < -0.39 is 0 Å². The Labute approximate surface area is 117 Å². The minimum absolute atomic E-state index is 0.253. The van der Waals surface area contributed by atoms with Gasteiger partial charge in [0.2, 0.25) is 0 Å². The second kappa shape index (κ2) is 5.36. The first kappa shape index (κ1) is 13.5. The summed E-state index contributed by atoms with van der Waals surface area (Å²) >= 11 is 7.20. The van der Waals surface area contributed by atoms with E-state index in [9.17, 15) is 0 Å². The molecule has 0 aliphatic rings. The van der Waals surface area contributed by atoms with Crippen LogP contribution in [0, 0.1) is 18.6 Å². The molecule has 1 atom stereocenters. The van der Waals surface area contributed by atoms with Gasteiger partial charge in [-0.25, -0.2) is 0 Å². The van der Waals surface area contributed by atoms with Crippen LogP contribution in [-0.2, 0) is 6.42 Å². The zero-order valence-electron chi connectivity index (χ0n) is 11.3. The Bertz CT molecular complexity index is 592. The highest BCUT2D eigenvalue weighted by molar-refractivity contribution is 7.71. The molecule has 3 nitrogen and oxygen atoms in total. The molecule has 2 aromatic rings. The van der Waals surface area contributed by atoms with Gasteiger partial charge in [0.1, 0.15) is 5.82 Å². The average Bonchev–Trinajstić information content (AvgIpc) is 2.82. The minimum atomic E-state index is 0.253. The largest absolute Gasteiger partial charge is 0.297 e. The third-order valence-corrected chi connectivity index (χ3v) is 4.44. The van der Waals surface area contributed by atoms with Gasteiger partial charge in [0.05, 0.1) is 6.04 Å². The van der Waals surface area contributed by atoms with E-state index in [0.717, 1.165) is 18.7 Å². The second-order valence-corrected chi connectivity index (χ2v) is 6.46. The summed E-state index contributed by atoms with van der Waals surface area (Å²) in [6.45, 7) is 8.67. The molecule has 0 radical (unpaired) electrons. The van der Waals surface area contributed by atoms with Crippen LogP contribution in [0.5, 0.6) is 0 Å². The van der Waals surface area contributed by atoms with Crippen LogP contribution in [0.3, 0.4) is 0 Å². The number of nitrogens with one attached hydrogen (secondary N) is 1. The van der Waals surface area contributed by atoms with E-state index in [2.05, 4.69) is 48.5 Å². The molecule has 2 rings (SSSR count). The van der Waals surface area contributed by atoms with Crippen molar-refractivity contribution in [1.82, 2.24) is 14.8 Å². The standard InChI is InChI=1S/C13H19N3S2/c1-5-6-12-14-15-13(17)16(12)9(3)11-7-8(2)18-10(11)4/h7,9H,5-6H2,1-4H3,(H,15,17). The Morgan fingerprint density at radius 3 is 2.78 bits per heavy atom. The summed E-state index contributed by atoms with van der Waals surface area (Å²) in [5.74, 6) is 1.05. The molecule has 0 aromatic carbocycles. The third-order valence-electron chi connectivity index (χ3n) is 3.17. The van der Waals surface area contributed by atoms with Crippen molar-refractivity contribution in [2.45, 2.75) is 46.6 Å². The topological polar surface area (TPSA) is 33.6 Å². The lowest BCUT2D eigenvalue weighted by molar-refractivity contribution is 0.589. The monoisotopic (exact) mass is 281 g/mol. The zero-order valence-corrected chi connectivity index (χ0v) is 12.9. The van der Waals surface area contributed by atoms with Gasteiger partial charge >= 0.3 is 0 Å². The molecular weight excluding hydrogens is 262 g/mol. The molecule has 0 spiro atoms. The number of aromatic nitrogens is 3. The molecule has 0 aliphatic carbocycles. The summed E-state index contributed by atoms with van der Waals surface area (Å²) in [4.78, 5) is 2.71. The number of nitrogens with zero attached hydrogens (tertiary/aromatic N) is 2. The molecule has 0 saturated heterocycles. The van der Waals surface area contributed by atoms with Crippen molar-refractivity contribution in [3.63, 3.8) is 0 Å². The van der Waals surface area contributed by atoms with Crippen molar-refractivity contribution in [3.05, 3.63) is 32.0 Å². The number of aromatic amines is 1. The van der Waals surface area contributed by atoms with Crippen molar-refractivity contribution in [2.24, 2.45) is 0 Å². The van der Waals surface area contributed by atoms with Crippen molar-refractivity contribution in [2.75, 3.05) is 0 Å². The zero-order chi connectivity index (χ0) is 13.3. The van der Waals surface area contributed by atoms with Crippen LogP contribution in [0.25, 0.3) is 0 Å². The maximum atomic E-state index is 5.36. The lowest BCUT2D eigenvalue weighted by Crippen LogP contribution is -2.11. The van der Waals surface area contributed by atoms with E-state index in [-0.39, 0.29) is 6.04 Å². The fraction of sp³-hybridized carbons (Fsp3) is 0.538. The first-order valence-electron chi connectivity index (χ1n) is 6.27. The van der Waals surface area contributed by atoms with Gasteiger partial charge < -0.3 is 0 Å². The summed E-state index contributed by atoms with van der Waals surface area (Å²) in [7, 11) is 0. The highest BCUT2D eigenvalue weighted by atomic mass is 32.1. The number of thiophene rings is 1. The Morgan fingerprint density at radius 1 is 1.50 bits per heavy atom. The van der Waals surface area contributed by atoms with Gasteiger partial charge in [0.15, 0.2) is 4.77 Å². The maximum absolute atomic E-state index is 5.36. The summed E-state index contributed by atoms with van der Waals surface area (Å²) in [5.41, 5.74) is 1.35. The van der Waals surface area contributed by atoms with E-state index in [1.54, 1.807) is 0 Å². The van der Waals surface area contributed by atoms with Crippen molar-refractivity contribution in [3.8, 4) is 0 Å². The highest BCUT2D eigenvalue weighted by Crippen LogP contribution is 2.29. The van der Waals surface area contributed by atoms with Gasteiger partial charge in [-0.15, -0.1) is 11.3 Å². The molecule has 0 bridgehead atoms. The molecule has 0 fully saturated rings. The quantitative estimate of drug-likeness (QED) is 0.853. The molecule has 0 aliphatic heterocycles. The molecule has 2 aromatic heterocycles. The van der Waals surface area contributed by atoms with Gasteiger partial charge in [-0.05, 0) is 51.0 Å². The molecule has 1 unspecified atom stereocenters. The van der Waals surface area contributed by atoms with Crippen LogP contribution in [0.4, 0.5) is 0 Å². The predicted octanol–water partition coefficient (Wildman–Crippen LogP) is 4.18. The Morgan fingerprint density at radius 2 is 2.22 bits per heavy atom. The maximum Gasteiger partial charge on any atom is 0.195 e. The van der Waals surface area contributed by atoms with Crippen LogP contribution >= 0.6 is 23.6 Å². The Hall–Kier alpha value is -0.940. The van der Waals surface area contributed by atoms with E-state index in [1.807, 2.05) is 11.3 Å². The van der Waals surface area contributed by atoms with Gasteiger partial charge in [0.25, 0.3) is 0 Å². The van der Waals surface area contributed by atoms with Gasteiger partial charge in [-0.1, -0.05) is 6.92 Å². The molecule has 0 saturated carbocycles. The first-order chi connectivity index (χ1) is 8.54. The summed E-state index contributed by atoms with van der Waals surface area (Å²) in [6, 6.07) is 2.51. The van der Waals surface area contributed by atoms with Crippen molar-refractivity contribution < 1.29 is 0 Å². The number of aryl methyl sites for hydroxylation is 3. The Balaban J connectivity index is 2.45. The summed E-state index contributed by atoms with van der Waals surface area (Å²) in [5, 5.41) is 7.26. The van der Waals surface area contributed by atoms with E-state index in [4.69, 9.17) is 12.2 Å². The van der Waals surface area contributed by atoms with Crippen molar-refractivity contribution >= 4 is 23.6 Å². The smallest absolute Gasteiger partial charge is 0.195 e. The molecule has 0 amide bonds. The van der Waals surface area contributed by atoms with E-state index >= 15 is 0 Å². The van der Waals surface area contributed by atoms with E-state index in [1.165, 1.54) is 15.3 Å². The molecule has 2 heterocycles. The van der Waals surface area contributed by atoms with Gasteiger partial charge in [-0.3, -0.25) is 9.67 Å². The minimum Gasteiger partial charge on any atom is -0.297 e. The summed E-state index contributed by atoms with van der Waals surface area (Å²) < 4.78 is 2.86. The number of rotatable bonds is 4. The number of hydrogen-bond acceptors (Lipinski definition) is 3. The van der Waals surface area contributed by atoms with Gasteiger partial charge in [0, 0.05) is 16.2 Å². The lowest BCUT2D eigenvalue weighted by Gasteiger charge is -2.15. The Kier molecular flexibility index (Phi) is 4.02.